The molecule has 0 aromatic heterocycles. The Morgan fingerprint density at radius 1 is 1.47 bits per heavy atom. The van der Waals surface area contributed by atoms with Gasteiger partial charge in [-0.3, -0.25) is 4.72 Å². The number of nitrogens with one attached hydrogen (secondary N) is 1. The fraction of sp³-hybridized carbons (Fsp3) is 0.125. The molecule has 1 aromatic carbocycles. The van der Waals surface area contributed by atoms with Crippen LogP contribution in [0.3, 0.4) is 0 Å². The molecule has 0 saturated carbocycles. The lowest BCUT2D eigenvalue weighted by Crippen LogP contribution is -2.21. The zero-order chi connectivity index (χ0) is 11.6. The number of hydrogen-bond donors (Lipinski definition) is 3. The first-order valence-corrected chi connectivity index (χ1v) is 5.49. The van der Waals surface area contributed by atoms with Crippen LogP contribution in [0.2, 0.25) is 0 Å². The molecule has 0 saturated heterocycles. The molecule has 1 rings (SSSR count). The van der Waals surface area contributed by atoms with Gasteiger partial charge in [0.2, 0.25) is 0 Å². The highest BCUT2D eigenvalue weighted by Gasteiger charge is 2.08. The van der Waals surface area contributed by atoms with Crippen molar-refractivity contribution in [1.82, 2.24) is 0 Å². The number of carbonyl (C=O) groups is 1. The van der Waals surface area contributed by atoms with Gasteiger partial charge in [-0.2, -0.15) is 8.42 Å². The van der Waals surface area contributed by atoms with Crippen LogP contribution in [0.4, 0.5) is 5.69 Å². The Balaban J connectivity index is 3.07. The third-order valence-corrected chi connectivity index (χ3v) is 2.24. The van der Waals surface area contributed by atoms with Crippen LogP contribution in [0.15, 0.2) is 18.2 Å². The summed E-state index contributed by atoms with van der Waals surface area (Å²) in [5.41, 5.74) is 0.811. The lowest BCUT2D eigenvalue weighted by atomic mass is 10.1. The molecule has 0 unspecified atom stereocenters. The van der Waals surface area contributed by atoms with E-state index >= 15 is 0 Å². The van der Waals surface area contributed by atoms with Gasteiger partial charge in [-0.05, 0) is 30.7 Å². The maximum absolute atomic E-state index is 10.7. The summed E-state index contributed by atoms with van der Waals surface area (Å²) in [4.78, 5) is 10.7. The van der Waals surface area contributed by atoms with Crippen molar-refractivity contribution in [3.63, 3.8) is 0 Å². The van der Waals surface area contributed by atoms with Gasteiger partial charge in [-0.15, -0.1) is 0 Å². The Hall–Kier alpha value is -1.60. The average Bonchev–Trinajstić information content (AvgIpc) is 1.99. The second-order valence-corrected chi connectivity index (χ2v) is 4.28. The van der Waals surface area contributed by atoms with E-state index in [1.165, 1.54) is 18.2 Å². The minimum Gasteiger partial charge on any atom is -0.478 e. The molecule has 0 bridgehead atoms. The number of hydrogen-bond acceptors (Lipinski definition) is 3. The van der Waals surface area contributed by atoms with Gasteiger partial charge in [0.25, 0.3) is 10.2 Å². The summed E-state index contributed by atoms with van der Waals surface area (Å²) in [6.07, 6.45) is 0. The molecule has 6 nitrogen and oxygen atoms in total. The number of anilines is 1. The van der Waals surface area contributed by atoms with E-state index in [4.69, 9.17) is 10.2 Å². The van der Waals surface area contributed by atoms with Crippen molar-refractivity contribution in [3.8, 4) is 0 Å². The Morgan fingerprint density at radius 3 is 2.47 bits per heavy atom. The predicted octanol–water partition coefficient (Wildman–Crippen LogP) is 0.309. The summed E-state index contributed by atoms with van der Waals surface area (Å²) in [7, 11) is -3.82. The molecule has 0 atom stereocenters. The monoisotopic (exact) mass is 230 g/mol. The van der Waals surface area contributed by atoms with E-state index in [1.54, 1.807) is 6.92 Å². The van der Waals surface area contributed by atoms with Crippen molar-refractivity contribution in [2.75, 3.05) is 4.72 Å². The van der Waals surface area contributed by atoms with E-state index in [2.05, 4.69) is 0 Å². The second kappa shape index (κ2) is 3.87. The van der Waals surface area contributed by atoms with Crippen molar-refractivity contribution in [2.45, 2.75) is 6.92 Å². The maximum atomic E-state index is 10.7. The van der Waals surface area contributed by atoms with Crippen molar-refractivity contribution in [3.05, 3.63) is 29.3 Å². The van der Waals surface area contributed by atoms with Gasteiger partial charge in [-0.1, -0.05) is 0 Å². The van der Waals surface area contributed by atoms with Crippen LogP contribution in [-0.4, -0.2) is 19.5 Å². The Morgan fingerprint density at radius 2 is 2.07 bits per heavy atom. The van der Waals surface area contributed by atoms with Crippen LogP contribution in [0.25, 0.3) is 0 Å². The predicted molar refractivity (Wildman–Crippen MR) is 54.9 cm³/mol. The molecule has 4 N–H and O–H groups in total. The van der Waals surface area contributed by atoms with Gasteiger partial charge in [0.1, 0.15) is 0 Å². The number of aromatic carboxylic acids is 1. The minimum absolute atomic E-state index is 0.120. The van der Waals surface area contributed by atoms with Gasteiger partial charge in [0, 0.05) is 0 Å². The van der Waals surface area contributed by atoms with Crippen molar-refractivity contribution in [1.29, 1.82) is 0 Å². The summed E-state index contributed by atoms with van der Waals surface area (Å²) >= 11 is 0. The summed E-state index contributed by atoms with van der Waals surface area (Å²) in [5.74, 6) is -1.06. The zero-order valence-electron chi connectivity index (χ0n) is 7.89. The molecule has 1 aromatic rings. The fourth-order valence-electron chi connectivity index (χ4n) is 1.13. The van der Waals surface area contributed by atoms with E-state index in [1.807, 2.05) is 4.72 Å². The standard InChI is InChI=1S/C8H10N2O4S/c1-5-4-6(10-15(9,13)14)2-3-7(5)8(11)12/h2-4,10H,1H3,(H,11,12)(H2,9,13,14). The molecular weight excluding hydrogens is 220 g/mol. The van der Waals surface area contributed by atoms with Gasteiger partial charge in [0.05, 0.1) is 11.3 Å². The Labute approximate surface area is 86.9 Å². The SMILES string of the molecule is Cc1cc(NS(N)(=O)=O)ccc1C(=O)O. The number of aryl methyl sites for hydroxylation is 1. The molecule has 15 heavy (non-hydrogen) atoms. The van der Waals surface area contributed by atoms with Crippen molar-refractivity contribution in [2.24, 2.45) is 5.14 Å². The van der Waals surface area contributed by atoms with Gasteiger partial charge in [0.15, 0.2) is 0 Å². The smallest absolute Gasteiger partial charge is 0.335 e. The second-order valence-electron chi connectivity index (χ2n) is 2.98. The Bertz CT molecular complexity index is 495. The fourth-order valence-corrected chi connectivity index (χ4v) is 1.59. The van der Waals surface area contributed by atoms with E-state index in [0.29, 0.717) is 5.56 Å². The van der Waals surface area contributed by atoms with Crippen LogP contribution in [0, 0.1) is 6.92 Å². The van der Waals surface area contributed by atoms with Crippen LogP contribution in [-0.2, 0) is 10.2 Å². The molecule has 0 radical (unpaired) electrons. The van der Waals surface area contributed by atoms with Crippen LogP contribution in [0.5, 0.6) is 0 Å². The highest BCUT2D eigenvalue weighted by molar-refractivity contribution is 7.90. The topological polar surface area (TPSA) is 109 Å². The quantitative estimate of drug-likeness (QED) is 0.694. The van der Waals surface area contributed by atoms with Gasteiger partial charge >= 0.3 is 5.97 Å². The zero-order valence-corrected chi connectivity index (χ0v) is 8.71. The molecule has 0 spiro atoms. The molecule has 82 valence electrons. The molecule has 7 heteroatoms. The van der Waals surface area contributed by atoms with Crippen LogP contribution >= 0.6 is 0 Å². The number of rotatable bonds is 3. The van der Waals surface area contributed by atoms with E-state index < -0.39 is 16.2 Å². The number of nitrogens with two attached hydrogens (primary N) is 1. The lowest BCUT2D eigenvalue weighted by Gasteiger charge is -2.06. The largest absolute Gasteiger partial charge is 0.478 e. The summed E-state index contributed by atoms with van der Waals surface area (Å²) in [5, 5.41) is 13.5. The van der Waals surface area contributed by atoms with Crippen molar-refractivity contribution >= 4 is 21.9 Å². The lowest BCUT2D eigenvalue weighted by molar-refractivity contribution is 0.0696. The van der Waals surface area contributed by atoms with Gasteiger partial charge in [-0.25, -0.2) is 9.93 Å². The molecular formula is C8H10N2O4S. The van der Waals surface area contributed by atoms with Crippen LogP contribution < -0.4 is 9.86 Å². The molecule has 0 aliphatic heterocycles. The first-order valence-electron chi connectivity index (χ1n) is 3.94. The maximum Gasteiger partial charge on any atom is 0.335 e. The number of carboxylic acids is 1. The summed E-state index contributed by atoms with van der Waals surface area (Å²) in [6, 6.07) is 4.04. The molecule has 0 heterocycles. The normalized spacial score (nSPS) is 11.1. The third kappa shape index (κ3) is 3.22. The summed E-state index contributed by atoms with van der Waals surface area (Å²) < 4.78 is 23.4. The molecule has 0 fully saturated rings. The highest BCUT2D eigenvalue weighted by atomic mass is 32.2. The molecule has 0 amide bonds. The van der Waals surface area contributed by atoms with E-state index in [-0.39, 0.29) is 11.3 Å². The number of carboxylic acid groups (broad SMARTS) is 1. The highest BCUT2D eigenvalue weighted by Crippen LogP contribution is 2.15. The van der Waals surface area contributed by atoms with E-state index in [0.717, 1.165) is 0 Å². The first kappa shape index (κ1) is 11.5. The molecule has 0 aliphatic carbocycles. The Kier molecular flexibility index (Phi) is 2.96. The van der Waals surface area contributed by atoms with Crippen molar-refractivity contribution < 1.29 is 18.3 Å². The van der Waals surface area contributed by atoms with E-state index in [9.17, 15) is 13.2 Å². The third-order valence-electron chi connectivity index (χ3n) is 1.72. The van der Waals surface area contributed by atoms with Crippen LogP contribution in [0.1, 0.15) is 15.9 Å². The average molecular weight is 230 g/mol. The first-order chi connectivity index (χ1) is 6.79. The van der Waals surface area contributed by atoms with Gasteiger partial charge < -0.3 is 5.11 Å². The minimum atomic E-state index is -3.82. The molecule has 0 aliphatic rings. The summed E-state index contributed by atoms with van der Waals surface area (Å²) in [6.45, 7) is 1.57. The number of benzene rings is 1.